The number of nitrogens with zero attached hydrogens (tertiary/aromatic N) is 1. The van der Waals surface area contributed by atoms with Gasteiger partial charge in [-0.2, -0.15) is 0 Å². The van der Waals surface area contributed by atoms with Gasteiger partial charge in [0.2, 0.25) is 5.91 Å². The van der Waals surface area contributed by atoms with E-state index in [4.69, 9.17) is 4.74 Å². The predicted octanol–water partition coefficient (Wildman–Crippen LogP) is 0.356. The van der Waals surface area contributed by atoms with Crippen LogP contribution >= 0.6 is 0 Å². The van der Waals surface area contributed by atoms with Crippen molar-refractivity contribution in [2.45, 2.75) is 44.8 Å². The quantitative estimate of drug-likeness (QED) is 0.668. The van der Waals surface area contributed by atoms with Crippen LogP contribution in [-0.4, -0.2) is 62.3 Å². The molecule has 0 spiro atoms. The van der Waals surface area contributed by atoms with Gasteiger partial charge in [0, 0.05) is 19.1 Å². The first kappa shape index (κ1) is 14.8. The van der Waals surface area contributed by atoms with Gasteiger partial charge in [0.25, 0.3) is 0 Å². The minimum Gasteiger partial charge on any atom is -0.368 e. The fraction of sp³-hybridized carbons (Fsp3) is 0.929. The number of piperidine rings is 1. The standard InChI is InChI=1S/C14H27N3O2/c1-2-17(12-3-4-12)10-9-16-14(18)11-19-13-5-7-15-8-6-13/h12-13,15H,2-11H2,1H3,(H,16,18). The molecule has 0 aromatic rings. The molecule has 0 radical (unpaired) electrons. The second kappa shape index (κ2) is 7.82. The van der Waals surface area contributed by atoms with Gasteiger partial charge in [0.15, 0.2) is 0 Å². The fourth-order valence-electron chi connectivity index (χ4n) is 2.58. The van der Waals surface area contributed by atoms with E-state index in [0.717, 1.165) is 51.6 Å². The minimum atomic E-state index is 0.0189. The SMILES string of the molecule is CCN(CCNC(=O)COC1CCNCC1)C1CC1. The molecule has 5 heteroatoms. The van der Waals surface area contributed by atoms with Gasteiger partial charge in [-0.1, -0.05) is 6.92 Å². The summed E-state index contributed by atoms with van der Waals surface area (Å²) in [6.45, 7) is 7.16. The van der Waals surface area contributed by atoms with Crippen molar-refractivity contribution >= 4 is 5.91 Å². The number of carbonyl (C=O) groups is 1. The van der Waals surface area contributed by atoms with Gasteiger partial charge < -0.3 is 15.4 Å². The van der Waals surface area contributed by atoms with E-state index >= 15 is 0 Å². The molecule has 2 N–H and O–H groups in total. The smallest absolute Gasteiger partial charge is 0.246 e. The average molecular weight is 269 g/mol. The molecule has 1 heterocycles. The Bertz CT molecular complexity index is 276. The first-order chi connectivity index (χ1) is 9.29. The zero-order valence-corrected chi connectivity index (χ0v) is 12.0. The van der Waals surface area contributed by atoms with Crippen molar-refractivity contribution in [1.82, 2.24) is 15.5 Å². The lowest BCUT2D eigenvalue weighted by molar-refractivity contribution is -0.128. The second-order valence-corrected chi connectivity index (χ2v) is 5.47. The molecule has 1 aliphatic heterocycles. The fourth-order valence-corrected chi connectivity index (χ4v) is 2.58. The predicted molar refractivity (Wildman–Crippen MR) is 75.1 cm³/mol. The maximum absolute atomic E-state index is 11.7. The molecule has 0 aromatic heterocycles. The molecule has 1 saturated heterocycles. The van der Waals surface area contributed by atoms with E-state index in [-0.39, 0.29) is 18.6 Å². The van der Waals surface area contributed by atoms with Crippen LogP contribution in [-0.2, 0) is 9.53 Å². The summed E-state index contributed by atoms with van der Waals surface area (Å²) in [4.78, 5) is 14.1. The number of amides is 1. The Morgan fingerprint density at radius 1 is 1.32 bits per heavy atom. The highest BCUT2D eigenvalue weighted by Gasteiger charge is 2.27. The van der Waals surface area contributed by atoms with Crippen LogP contribution in [0.2, 0.25) is 0 Å². The summed E-state index contributed by atoms with van der Waals surface area (Å²) in [6, 6.07) is 0.771. The topological polar surface area (TPSA) is 53.6 Å². The molecule has 0 aromatic carbocycles. The summed E-state index contributed by atoms with van der Waals surface area (Å²) >= 11 is 0. The van der Waals surface area contributed by atoms with E-state index in [2.05, 4.69) is 22.5 Å². The molecule has 0 bridgehead atoms. The lowest BCUT2D eigenvalue weighted by Gasteiger charge is -2.23. The molecule has 110 valence electrons. The van der Waals surface area contributed by atoms with E-state index in [1.165, 1.54) is 12.8 Å². The van der Waals surface area contributed by atoms with E-state index in [1.807, 2.05) is 0 Å². The highest BCUT2D eigenvalue weighted by Crippen LogP contribution is 2.25. The van der Waals surface area contributed by atoms with Crippen molar-refractivity contribution in [3.63, 3.8) is 0 Å². The third kappa shape index (κ3) is 5.47. The third-order valence-electron chi connectivity index (χ3n) is 3.93. The summed E-state index contributed by atoms with van der Waals surface area (Å²) in [7, 11) is 0. The third-order valence-corrected chi connectivity index (χ3v) is 3.93. The molecule has 19 heavy (non-hydrogen) atoms. The van der Waals surface area contributed by atoms with Crippen molar-refractivity contribution in [3.8, 4) is 0 Å². The number of likely N-dealkylation sites (N-methyl/N-ethyl adjacent to an activating group) is 1. The van der Waals surface area contributed by atoms with Crippen LogP contribution in [0.3, 0.4) is 0 Å². The van der Waals surface area contributed by atoms with E-state index in [0.29, 0.717) is 0 Å². The number of rotatable bonds is 8. The highest BCUT2D eigenvalue weighted by molar-refractivity contribution is 5.77. The molecular formula is C14H27N3O2. The summed E-state index contributed by atoms with van der Waals surface area (Å²) in [5, 5.41) is 6.23. The van der Waals surface area contributed by atoms with Crippen LogP contribution in [0.25, 0.3) is 0 Å². The average Bonchev–Trinajstić information content (AvgIpc) is 3.27. The van der Waals surface area contributed by atoms with Gasteiger partial charge in [0.1, 0.15) is 6.61 Å². The van der Waals surface area contributed by atoms with Gasteiger partial charge >= 0.3 is 0 Å². The van der Waals surface area contributed by atoms with E-state index < -0.39 is 0 Å². The van der Waals surface area contributed by atoms with Crippen molar-refractivity contribution < 1.29 is 9.53 Å². The van der Waals surface area contributed by atoms with Crippen molar-refractivity contribution in [2.24, 2.45) is 0 Å². The Kier molecular flexibility index (Phi) is 6.07. The van der Waals surface area contributed by atoms with E-state index in [1.54, 1.807) is 0 Å². The Balaban J connectivity index is 1.51. The Morgan fingerprint density at radius 3 is 2.68 bits per heavy atom. The molecule has 0 unspecified atom stereocenters. The summed E-state index contributed by atoms with van der Waals surface area (Å²) in [5.41, 5.74) is 0. The highest BCUT2D eigenvalue weighted by atomic mass is 16.5. The van der Waals surface area contributed by atoms with Crippen molar-refractivity contribution in [3.05, 3.63) is 0 Å². The van der Waals surface area contributed by atoms with Crippen LogP contribution < -0.4 is 10.6 Å². The van der Waals surface area contributed by atoms with Crippen LogP contribution in [0, 0.1) is 0 Å². The summed E-state index contributed by atoms with van der Waals surface area (Å²) < 4.78 is 5.62. The van der Waals surface area contributed by atoms with Gasteiger partial charge in [-0.25, -0.2) is 0 Å². The lowest BCUT2D eigenvalue weighted by Crippen LogP contribution is -2.39. The molecule has 5 nitrogen and oxygen atoms in total. The van der Waals surface area contributed by atoms with Crippen molar-refractivity contribution in [2.75, 3.05) is 39.3 Å². The maximum atomic E-state index is 11.7. The van der Waals surface area contributed by atoms with Gasteiger partial charge in [-0.15, -0.1) is 0 Å². The number of ether oxygens (including phenoxy) is 1. The molecule has 2 rings (SSSR count). The zero-order valence-electron chi connectivity index (χ0n) is 12.0. The first-order valence-corrected chi connectivity index (χ1v) is 7.62. The molecule has 1 aliphatic carbocycles. The summed E-state index contributed by atoms with van der Waals surface area (Å²) in [6.07, 6.45) is 4.92. The molecule has 2 aliphatic rings. The number of hydrogen-bond acceptors (Lipinski definition) is 4. The van der Waals surface area contributed by atoms with Gasteiger partial charge in [0.05, 0.1) is 6.10 Å². The zero-order chi connectivity index (χ0) is 13.5. The lowest BCUT2D eigenvalue weighted by atomic mass is 10.1. The maximum Gasteiger partial charge on any atom is 0.246 e. The Labute approximate surface area is 116 Å². The summed E-state index contributed by atoms with van der Waals surface area (Å²) in [5.74, 6) is 0.0189. The number of hydrogen-bond donors (Lipinski definition) is 2. The van der Waals surface area contributed by atoms with Gasteiger partial charge in [-0.3, -0.25) is 9.69 Å². The van der Waals surface area contributed by atoms with E-state index in [9.17, 15) is 4.79 Å². The molecule has 2 fully saturated rings. The minimum absolute atomic E-state index is 0.0189. The normalized spacial score (nSPS) is 20.7. The van der Waals surface area contributed by atoms with Crippen LogP contribution in [0.4, 0.5) is 0 Å². The first-order valence-electron chi connectivity index (χ1n) is 7.62. The van der Waals surface area contributed by atoms with Crippen LogP contribution in [0.1, 0.15) is 32.6 Å². The molecule has 1 amide bonds. The molecule has 1 saturated carbocycles. The monoisotopic (exact) mass is 269 g/mol. The Hall–Kier alpha value is -0.650. The number of nitrogens with one attached hydrogen (secondary N) is 2. The van der Waals surface area contributed by atoms with Crippen molar-refractivity contribution in [1.29, 1.82) is 0 Å². The van der Waals surface area contributed by atoms with Gasteiger partial charge in [-0.05, 0) is 45.3 Å². The largest absolute Gasteiger partial charge is 0.368 e. The second-order valence-electron chi connectivity index (χ2n) is 5.47. The van der Waals surface area contributed by atoms with Crippen LogP contribution in [0.15, 0.2) is 0 Å². The van der Waals surface area contributed by atoms with Crippen LogP contribution in [0.5, 0.6) is 0 Å². The molecule has 0 atom stereocenters. The number of carbonyl (C=O) groups excluding carboxylic acids is 1. The Morgan fingerprint density at radius 2 is 2.05 bits per heavy atom. The molecular weight excluding hydrogens is 242 g/mol.